The molecule has 5 rings (SSSR count). The van der Waals surface area contributed by atoms with E-state index in [0.29, 0.717) is 23.2 Å². The molecule has 0 unspecified atom stereocenters. The van der Waals surface area contributed by atoms with Gasteiger partial charge in [-0.25, -0.2) is 4.98 Å². The minimum absolute atomic E-state index is 0. The Hall–Kier alpha value is -4.92. The SMILES string of the molecule is CNC(=O)c1cc(Oc2cc3nc(Nc4cccc(-c5cc(C)nc(C)c5)c4)n(C)c3cc2OC)ccn1.[HH].[HH]. The summed E-state index contributed by atoms with van der Waals surface area (Å²) < 4.78 is 13.6. The van der Waals surface area contributed by atoms with E-state index in [4.69, 9.17) is 14.5 Å². The van der Waals surface area contributed by atoms with E-state index >= 15 is 0 Å². The van der Waals surface area contributed by atoms with E-state index in [-0.39, 0.29) is 14.5 Å². The molecule has 0 atom stereocenters. The molecular weight excluding hydrogens is 480 g/mol. The molecule has 0 saturated heterocycles. The van der Waals surface area contributed by atoms with Crippen LogP contribution in [0.3, 0.4) is 0 Å². The first-order chi connectivity index (χ1) is 18.3. The van der Waals surface area contributed by atoms with Crippen LogP contribution in [-0.2, 0) is 7.05 Å². The maximum absolute atomic E-state index is 12.0. The van der Waals surface area contributed by atoms with Crippen LogP contribution in [0.5, 0.6) is 17.2 Å². The molecule has 196 valence electrons. The van der Waals surface area contributed by atoms with Crippen LogP contribution in [0.2, 0.25) is 0 Å². The summed E-state index contributed by atoms with van der Waals surface area (Å²) in [6, 6.07) is 19.3. The van der Waals surface area contributed by atoms with E-state index in [1.807, 2.05) is 49.7 Å². The Balaban J connectivity index is 0.00000220. The number of aryl methyl sites for hydroxylation is 3. The number of fused-ring (bicyclic) bond motifs is 1. The molecule has 3 heterocycles. The Morgan fingerprint density at radius 2 is 1.74 bits per heavy atom. The van der Waals surface area contributed by atoms with Crippen LogP contribution in [0.25, 0.3) is 22.2 Å². The van der Waals surface area contributed by atoms with Crippen molar-refractivity contribution in [2.75, 3.05) is 19.5 Å². The number of hydrogen-bond donors (Lipinski definition) is 2. The van der Waals surface area contributed by atoms with Gasteiger partial charge in [-0.1, -0.05) is 12.1 Å². The van der Waals surface area contributed by atoms with Crippen LogP contribution in [0.1, 0.15) is 24.7 Å². The highest BCUT2D eigenvalue weighted by molar-refractivity contribution is 5.92. The maximum atomic E-state index is 12.0. The highest BCUT2D eigenvalue weighted by Crippen LogP contribution is 2.37. The molecule has 0 radical (unpaired) electrons. The fraction of sp³-hybridized carbons (Fsp3) is 0.172. The lowest BCUT2D eigenvalue weighted by molar-refractivity contribution is 0.0958. The standard InChI is InChI=1S/C29H28N6O3.2H2/c1-17-11-20(12-18(2)32-17)19-7-6-8-21(13-19)33-29-34-23-15-27(26(37-5)16-25(23)35(29)4)38-22-9-10-31-24(14-22)28(36)30-3;;/h6-16H,1-5H3,(H,30,36)(H,33,34);2*1H. The zero-order valence-corrected chi connectivity index (χ0v) is 21.9. The summed E-state index contributed by atoms with van der Waals surface area (Å²) in [6.45, 7) is 4.00. The number of nitrogens with one attached hydrogen (secondary N) is 2. The molecule has 1 amide bonds. The van der Waals surface area contributed by atoms with Gasteiger partial charge in [-0.3, -0.25) is 14.8 Å². The minimum Gasteiger partial charge on any atom is -0.493 e. The van der Waals surface area contributed by atoms with Crippen molar-refractivity contribution in [3.8, 4) is 28.4 Å². The summed E-state index contributed by atoms with van der Waals surface area (Å²) in [7, 11) is 5.08. The number of carbonyl (C=O) groups is 1. The second-order valence-electron chi connectivity index (χ2n) is 8.89. The molecule has 0 spiro atoms. The van der Waals surface area contributed by atoms with Crippen molar-refractivity contribution in [3.05, 3.63) is 83.9 Å². The van der Waals surface area contributed by atoms with E-state index in [2.05, 4.69) is 44.9 Å². The molecule has 0 bridgehead atoms. The van der Waals surface area contributed by atoms with Crippen molar-refractivity contribution in [3.63, 3.8) is 0 Å². The number of amides is 1. The van der Waals surface area contributed by atoms with E-state index in [1.54, 1.807) is 26.3 Å². The first-order valence-corrected chi connectivity index (χ1v) is 12.1. The molecular formula is C29H32N6O3. The number of ether oxygens (including phenoxy) is 2. The zero-order valence-electron chi connectivity index (χ0n) is 21.9. The van der Waals surface area contributed by atoms with Gasteiger partial charge in [0.15, 0.2) is 11.5 Å². The number of carbonyl (C=O) groups excluding carboxylic acids is 1. The van der Waals surface area contributed by atoms with Gasteiger partial charge in [0.2, 0.25) is 5.95 Å². The quantitative estimate of drug-likeness (QED) is 0.274. The van der Waals surface area contributed by atoms with E-state index in [1.165, 1.54) is 6.20 Å². The normalized spacial score (nSPS) is 10.9. The topological polar surface area (TPSA) is 103 Å². The summed E-state index contributed by atoms with van der Waals surface area (Å²) in [6.07, 6.45) is 1.52. The average molecular weight is 513 g/mol. The Labute approximate surface area is 223 Å². The van der Waals surface area contributed by atoms with Gasteiger partial charge >= 0.3 is 0 Å². The van der Waals surface area contributed by atoms with Gasteiger partial charge in [-0.2, -0.15) is 0 Å². The lowest BCUT2D eigenvalue weighted by atomic mass is 10.0. The molecule has 0 aliphatic heterocycles. The number of rotatable bonds is 7. The Morgan fingerprint density at radius 3 is 2.47 bits per heavy atom. The van der Waals surface area contributed by atoms with Gasteiger partial charge in [0, 0.05) is 58.4 Å². The molecule has 2 aromatic carbocycles. The van der Waals surface area contributed by atoms with Crippen LogP contribution in [0.15, 0.2) is 66.9 Å². The summed E-state index contributed by atoms with van der Waals surface area (Å²) in [5, 5.41) is 6.00. The second kappa shape index (κ2) is 10.2. The van der Waals surface area contributed by atoms with Crippen molar-refractivity contribution in [1.29, 1.82) is 0 Å². The predicted molar refractivity (Wildman–Crippen MR) is 152 cm³/mol. The van der Waals surface area contributed by atoms with Crippen molar-refractivity contribution >= 4 is 28.6 Å². The van der Waals surface area contributed by atoms with Crippen molar-refractivity contribution in [2.24, 2.45) is 7.05 Å². The lowest BCUT2D eigenvalue weighted by Gasteiger charge is -2.11. The average Bonchev–Trinajstić information content (AvgIpc) is 3.21. The van der Waals surface area contributed by atoms with Gasteiger partial charge < -0.3 is 24.7 Å². The van der Waals surface area contributed by atoms with Gasteiger partial charge in [-0.15, -0.1) is 0 Å². The molecule has 2 N–H and O–H groups in total. The number of methoxy groups -OCH3 is 1. The van der Waals surface area contributed by atoms with Crippen LogP contribution < -0.4 is 20.1 Å². The monoisotopic (exact) mass is 512 g/mol. The van der Waals surface area contributed by atoms with Crippen molar-refractivity contribution in [1.82, 2.24) is 24.8 Å². The second-order valence-corrected chi connectivity index (χ2v) is 8.89. The van der Waals surface area contributed by atoms with Crippen molar-refractivity contribution in [2.45, 2.75) is 13.8 Å². The number of aromatic nitrogens is 4. The summed E-state index contributed by atoms with van der Waals surface area (Å²) in [5.41, 5.74) is 6.94. The number of nitrogens with zero attached hydrogens (tertiary/aromatic N) is 4. The van der Waals surface area contributed by atoms with Crippen LogP contribution in [0, 0.1) is 13.8 Å². The molecule has 9 nitrogen and oxygen atoms in total. The maximum Gasteiger partial charge on any atom is 0.269 e. The van der Waals surface area contributed by atoms with E-state index < -0.39 is 0 Å². The predicted octanol–water partition coefficient (Wildman–Crippen LogP) is 6.04. The molecule has 0 aliphatic rings. The first-order valence-electron chi connectivity index (χ1n) is 12.1. The minimum atomic E-state index is -0.295. The van der Waals surface area contributed by atoms with E-state index in [0.717, 1.165) is 39.2 Å². The fourth-order valence-corrected chi connectivity index (χ4v) is 4.31. The Bertz CT molecular complexity index is 1650. The fourth-order valence-electron chi connectivity index (χ4n) is 4.31. The highest BCUT2D eigenvalue weighted by atomic mass is 16.5. The number of hydrogen-bond acceptors (Lipinski definition) is 7. The summed E-state index contributed by atoms with van der Waals surface area (Å²) in [5.74, 6) is 1.85. The van der Waals surface area contributed by atoms with Gasteiger partial charge in [0.1, 0.15) is 11.4 Å². The zero-order chi connectivity index (χ0) is 26.8. The third-order valence-corrected chi connectivity index (χ3v) is 6.12. The van der Waals surface area contributed by atoms with Crippen LogP contribution in [0.4, 0.5) is 11.6 Å². The lowest BCUT2D eigenvalue weighted by Crippen LogP contribution is -2.18. The first kappa shape index (κ1) is 24.8. The van der Waals surface area contributed by atoms with Gasteiger partial charge in [0.25, 0.3) is 5.91 Å². The third kappa shape index (κ3) is 4.99. The molecule has 5 aromatic rings. The van der Waals surface area contributed by atoms with Crippen LogP contribution in [-0.4, -0.2) is 39.6 Å². The van der Waals surface area contributed by atoms with Crippen LogP contribution >= 0.6 is 0 Å². The number of anilines is 2. The van der Waals surface area contributed by atoms with Gasteiger partial charge in [-0.05, 0) is 55.3 Å². The Kier molecular flexibility index (Phi) is 6.66. The highest BCUT2D eigenvalue weighted by Gasteiger charge is 2.16. The molecule has 0 aliphatic carbocycles. The van der Waals surface area contributed by atoms with E-state index in [9.17, 15) is 4.79 Å². The largest absolute Gasteiger partial charge is 0.493 e. The molecule has 3 aromatic heterocycles. The van der Waals surface area contributed by atoms with Crippen molar-refractivity contribution < 1.29 is 17.1 Å². The molecule has 38 heavy (non-hydrogen) atoms. The molecule has 0 saturated carbocycles. The Morgan fingerprint density at radius 1 is 0.947 bits per heavy atom. The smallest absolute Gasteiger partial charge is 0.269 e. The number of imidazole rings is 1. The number of pyridine rings is 2. The summed E-state index contributed by atoms with van der Waals surface area (Å²) in [4.78, 5) is 25.3. The number of benzene rings is 2. The summed E-state index contributed by atoms with van der Waals surface area (Å²) >= 11 is 0. The molecule has 0 fully saturated rings. The third-order valence-electron chi connectivity index (χ3n) is 6.12. The molecule has 9 heteroatoms. The van der Waals surface area contributed by atoms with Gasteiger partial charge in [0.05, 0.1) is 18.1 Å².